The van der Waals surface area contributed by atoms with Crippen LogP contribution in [0, 0.1) is 0 Å². The maximum absolute atomic E-state index is 11.8. The van der Waals surface area contributed by atoms with E-state index in [0.717, 1.165) is 0 Å². The quantitative estimate of drug-likeness (QED) is 0.768. The lowest BCUT2D eigenvalue weighted by Gasteiger charge is -2.09. The van der Waals surface area contributed by atoms with Crippen molar-refractivity contribution in [3.8, 4) is 0 Å². The molecular weight excluding hydrogens is 236 g/mol. The van der Waals surface area contributed by atoms with Crippen molar-refractivity contribution in [3.63, 3.8) is 0 Å². The molecule has 0 atom stereocenters. The first-order chi connectivity index (χ1) is 8.49. The number of esters is 1. The van der Waals surface area contributed by atoms with E-state index in [2.05, 4.69) is 9.97 Å². The van der Waals surface area contributed by atoms with E-state index in [1.165, 1.54) is 12.1 Å². The summed E-state index contributed by atoms with van der Waals surface area (Å²) in [4.78, 5) is 39.2. The second-order valence-electron chi connectivity index (χ2n) is 4.09. The molecule has 2 N–H and O–H groups in total. The predicted octanol–water partition coefficient (Wildman–Crippen LogP) is 0.782. The lowest BCUT2D eigenvalue weighted by molar-refractivity contribution is 0.0380. The SMILES string of the molecule is CC(C)OC(=O)c1cccc2c(=O)[nH]c(=O)[nH]c12. The molecule has 94 valence electrons. The van der Waals surface area contributed by atoms with Gasteiger partial charge >= 0.3 is 11.7 Å². The van der Waals surface area contributed by atoms with Gasteiger partial charge in [0.2, 0.25) is 0 Å². The van der Waals surface area contributed by atoms with Gasteiger partial charge in [-0.3, -0.25) is 9.78 Å². The number of nitrogens with one attached hydrogen (secondary N) is 2. The van der Waals surface area contributed by atoms with Crippen LogP contribution in [0.15, 0.2) is 27.8 Å². The number of benzene rings is 1. The van der Waals surface area contributed by atoms with Crippen LogP contribution in [0.3, 0.4) is 0 Å². The number of rotatable bonds is 2. The van der Waals surface area contributed by atoms with Gasteiger partial charge in [0.1, 0.15) is 0 Å². The number of hydrogen-bond donors (Lipinski definition) is 2. The molecule has 2 aromatic rings. The second-order valence-corrected chi connectivity index (χ2v) is 4.09. The highest BCUT2D eigenvalue weighted by molar-refractivity contribution is 6.02. The highest BCUT2D eigenvalue weighted by atomic mass is 16.5. The van der Waals surface area contributed by atoms with Crippen molar-refractivity contribution < 1.29 is 9.53 Å². The first kappa shape index (κ1) is 12.1. The zero-order valence-corrected chi connectivity index (χ0v) is 9.94. The predicted molar refractivity (Wildman–Crippen MR) is 65.7 cm³/mol. The van der Waals surface area contributed by atoms with Gasteiger partial charge in [-0.05, 0) is 26.0 Å². The summed E-state index contributed by atoms with van der Waals surface area (Å²) in [5.74, 6) is -0.572. The topological polar surface area (TPSA) is 92.0 Å². The summed E-state index contributed by atoms with van der Waals surface area (Å²) >= 11 is 0. The highest BCUT2D eigenvalue weighted by Gasteiger charge is 2.14. The van der Waals surface area contributed by atoms with Crippen LogP contribution in [0.25, 0.3) is 10.9 Å². The fourth-order valence-corrected chi connectivity index (χ4v) is 1.64. The molecule has 2 rings (SSSR count). The minimum Gasteiger partial charge on any atom is -0.459 e. The molecular formula is C12H12N2O4. The Morgan fingerprint density at radius 3 is 2.61 bits per heavy atom. The monoisotopic (exact) mass is 248 g/mol. The van der Waals surface area contributed by atoms with Crippen LogP contribution >= 0.6 is 0 Å². The summed E-state index contributed by atoms with van der Waals surface area (Å²) in [6, 6.07) is 4.59. The van der Waals surface area contributed by atoms with Crippen molar-refractivity contribution >= 4 is 16.9 Å². The molecule has 0 fully saturated rings. The third kappa shape index (κ3) is 2.17. The standard InChI is InChI=1S/C12H12N2O4/c1-6(2)18-11(16)8-5-3-4-7-9(8)13-12(17)14-10(7)15/h3-6H,1-2H3,(H2,13,14,15,17). The number of hydrogen-bond acceptors (Lipinski definition) is 4. The molecule has 18 heavy (non-hydrogen) atoms. The van der Waals surface area contributed by atoms with E-state index in [9.17, 15) is 14.4 Å². The molecule has 0 radical (unpaired) electrons. The summed E-state index contributed by atoms with van der Waals surface area (Å²) in [5, 5.41) is 0.243. The third-order valence-corrected chi connectivity index (χ3v) is 2.34. The van der Waals surface area contributed by atoms with E-state index in [1.807, 2.05) is 0 Å². The van der Waals surface area contributed by atoms with E-state index in [0.29, 0.717) is 0 Å². The molecule has 0 unspecified atom stereocenters. The van der Waals surface area contributed by atoms with Gasteiger partial charge in [0.15, 0.2) is 0 Å². The number of ether oxygens (including phenoxy) is 1. The Balaban J connectivity index is 2.69. The Labute approximate surface area is 102 Å². The molecule has 6 heteroatoms. The molecule has 1 aromatic carbocycles. The van der Waals surface area contributed by atoms with Crippen LogP contribution in [0.2, 0.25) is 0 Å². The van der Waals surface area contributed by atoms with Crippen LogP contribution in [0.4, 0.5) is 0 Å². The maximum Gasteiger partial charge on any atom is 0.340 e. The number of aromatic amines is 2. The summed E-state index contributed by atoms with van der Waals surface area (Å²) < 4.78 is 5.05. The van der Waals surface area contributed by atoms with Crippen LogP contribution in [0.1, 0.15) is 24.2 Å². The third-order valence-electron chi connectivity index (χ3n) is 2.34. The summed E-state index contributed by atoms with van der Waals surface area (Å²) in [7, 11) is 0. The van der Waals surface area contributed by atoms with Crippen LogP contribution in [-0.2, 0) is 4.74 Å². The Hall–Kier alpha value is -2.37. The molecule has 0 aliphatic heterocycles. The molecule has 0 aliphatic rings. The average Bonchev–Trinajstić information content (AvgIpc) is 2.27. The molecule has 1 heterocycles. The van der Waals surface area contributed by atoms with Gasteiger partial charge in [0, 0.05) is 0 Å². The van der Waals surface area contributed by atoms with Crippen LogP contribution in [0.5, 0.6) is 0 Å². The van der Waals surface area contributed by atoms with Crippen molar-refractivity contribution in [2.24, 2.45) is 0 Å². The largest absolute Gasteiger partial charge is 0.459 e. The maximum atomic E-state index is 11.8. The van der Waals surface area contributed by atoms with Gasteiger partial charge in [0.25, 0.3) is 5.56 Å². The Kier molecular flexibility index (Phi) is 3.01. The zero-order valence-electron chi connectivity index (χ0n) is 9.94. The highest BCUT2D eigenvalue weighted by Crippen LogP contribution is 2.13. The van der Waals surface area contributed by atoms with Gasteiger partial charge < -0.3 is 9.72 Å². The van der Waals surface area contributed by atoms with E-state index >= 15 is 0 Å². The lowest BCUT2D eigenvalue weighted by atomic mass is 10.1. The van der Waals surface area contributed by atoms with E-state index in [4.69, 9.17) is 4.74 Å². The first-order valence-corrected chi connectivity index (χ1v) is 5.45. The van der Waals surface area contributed by atoms with Gasteiger partial charge in [-0.25, -0.2) is 9.59 Å². The first-order valence-electron chi connectivity index (χ1n) is 5.45. The number of para-hydroxylation sites is 1. The number of carbonyl (C=O) groups is 1. The molecule has 6 nitrogen and oxygen atoms in total. The van der Waals surface area contributed by atoms with Crippen molar-refractivity contribution in [1.82, 2.24) is 9.97 Å². The number of aromatic nitrogens is 2. The minimum absolute atomic E-state index is 0.171. The fraction of sp³-hybridized carbons (Fsp3) is 0.250. The van der Waals surface area contributed by atoms with Crippen LogP contribution in [-0.4, -0.2) is 22.0 Å². The number of H-pyrrole nitrogens is 2. The Bertz CT molecular complexity index is 712. The Morgan fingerprint density at radius 1 is 1.22 bits per heavy atom. The molecule has 0 spiro atoms. The minimum atomic E-state index is -0.655. The number of carbonyl (C=O) groups excluding carboxylic acids is 1. The fourth-order valence-electron chi connectivity index (χ4n) is 1.64. The van der Waals surface area contributed by atoms with Crippen molar-refractivity contribution in [2.75, 3.05) is 0 Å². The summed E-state index contributed by atoms with van der Waals surface area (Å²) in [5.41, 5.74) is -0.827. The van der Waals surface area contributed by atoms with Gasteiger partial charge in [-0.1, -0.05) is 6.07 Å². The smallest absolute Gasteiger partial charge is 0.340 e. The number of fused-ring (bicyclic) bond motifs is 1. The molecule has 0 saturated heterocycles. The molecule has 0 amide bonds. The Morgan fingerprint density at radius 2 is 1.94 bits per heavy atom. The van der Waals surface area contributed by atoms with Crippen molar-refractivity contribution in [2.45, 2.75) is 20.0 Å². The van der Waals surface area contributed by atoms with E-state index < -0.39 is 17.2 Å². The molecule has 1 aromatic heterocycles. The summed E-state index contributed by atoms with van der Waals surface area (Å²) in [6.45, 7) is 3.44. The van der Waals surface area contributed by atoms with Crippen LogP contribution < -0.4 is 11.2 Å². The van der Waals surface area contributed by atoms with E-state index in [1.54, 1.807) is 19.9 Å². The van der Waals surface area contributed by atoms with E-state index in [-0.39, 0.29) is 22.6 Å². The van der Waals surface area contributed by atoms with Crippen molar-refractivity contribution in [1.29, 1.82) is 0 Å². The van der Waals surface area contributed by atoms with Gasteiger partial charge in [-0.2, -0.15) is 0 Å². The molecule has 0 saturated carbocycles. The lowest BCUT2D eigenvalue weighted by Crippen LogP contribution is -2.23. The second kappa shape index (κ2) is 4.48. The molecule has 0 aliphatic carbocycles. The van der Waals surface area contributed by atoms with Gasteiger partial charge in [-0.15, -0.1) is 0 Å². The average molecular weight is 248 g/mol. The molecule has 0 bridgehead atoms. The summed E-state index contributed by atoms with van der Waals surface area (Å²) in [6.07, 6.45) is -0.276. The van der Waals surface area contributed by atoms with Gasteiger partial charge in [0.05, 0.1) is 22.6 Å². The normalized spacial score (nSPS) is 10.8. The van der Waals surface area contributed by atoms with Crippen molar-refractivity contribution in [3.05, 3.63) is 44.6 Å². The zero-order chi connectivity index (χ0) is 13.3.